The van der Waals surface area contributed by atoms with Gasteiger partial charge in [-0.2, -0.15) is 0 Å². The lowest BCUT2D eigenvalue weighted by atomic mass is 9.68. The van der Waals surface area contributed by atoms with E-state index in [4.69, 9.17) is 4.74 Å². The molecule has 1 aliphatic rings. The van der Waals surface area contributed by atoms with E-state index >= 15 is 0 Å². The number of unbranched alkanes of at least 4 members (excludes halogenated alkanes) is 1. The van der Waals surface area contributed by atoms with Crippen molar-refractivity contribution in [2.24, 2.45) is 16.3 Å². The molecule has 0 aromatic heterocycles. The highest BCUT2D eigenvalue weighted by Crippen LogP contribution is 2.42. The van der Waals surface area contributed by atoms with Gasteiger partial charge in [0.15, 0.2) is 5.78 Å². The molecule has 1 N–H and O–H groups in total. The third-order valence-electron chi connectivity index (χ3n) is 3.87. The maximum absolute atomic E-state index is 12.3. The number of carbonyl (C=O) groups excluding carboxylic acids is 2. The van der Waals surface area contributed by atoms with Gasteiger partial charge in [-0.1, -0.05) is 27.2 Å². The lowest BCUT2D eigenvalue weighted by Crippen LogP contribution is -2.41. The van der Waals surface area contributed by atoms with Gasteiger partial charge in [-0.05, 0) is 18.8 Å². The second-order valence-electron chi connectivity index (χ2n) is 6.13. The molecule has 0 aromatic carbocycles. The van der Waals surface area contributed by atoms with Crippen LogP contribution in [0.4, 0.5) is 0 Å². The lowest BCUT2D eigenvalue weighted by Gasteiger charge is -2.36. The van der Waals surface area contributed by atoms with Gasteiger partial charge in [-0.25, -0.2) is 0 Å². The number of Topliss-reactive ketones (excluding diaryl/α,β-unsaturated/α-hetero) is 1. The molecule has 0 spiro atoms. The zero-order valence-electron chi connectivity index (χ0n) is 13.5. The number of aliphatic imine (C=N–C) groups is 1. The van der Waals surface area contributed by atoms with Crippen molar-refractivity contribution in [1.82, 2.24) is 0 Å². The van der Waals surface area contributed by atoms with Crippen molar-refractivity contribution in [2.75, 3.05) is 13.7 Å². The van der Waals surface area contributed by atoms with Crippen molar-refractivity contribution in [2.45, 2.75) is 47.0 Å². The minimum Gasteiger partial charge on any atom is -0.511 e. The van der Waals surface area contributed by atoms with E-state index in [9.17, 15) is 14.7 Å². The molecule has 5 heteroatoms. The number of hydrogen-bond donors (Lipinski definition) is 1. The molecular formula is C16H25NO4. The maximum atomic E-state index is 12.3. The van der Waals surface area contributed by atoms with E-state index in [1.165, 1.54) is 7.11 Å². The monoisotopic (exact) mass is 295 g/mol. The van der Waals surface area contributed by atoms with Crippen LogP contribution in [0.2, 0.25) is 0 Å². The van der Waals surface area contributed by atoms with Crippen LogP contribution < -0.4 is 0 Å². The summed E-state index contributed by atoms with van der Waals surface area (Å²) < 4.78 is 4.77. The van der Waals surface area contributed by atoms with Crippen molar-refractivity contribution in [3.05, 3.63) is 11.3 Å². The van der Waals surface area contributed by atoms with Crippen molar-refractivity contribution < 1.29 is 19.4 Å². The molecule has 1 rings (SSSR count). The van der Waals surface area contributed by atoms with Gasteiger partial charge < -0.3 is 9.84 Å². The van der Waals surface area contributed by atoms with Gasteiger partial charge in [0.05, 0.1) is 12.7 Å². The molecule has 21 heavy (non-hydrogen) atoms. The van der Waals surface area contributed by atoms with Crippen molar-refractivity contribution in [1.29, 1.82) is 0 Å². The second kappa shape index (κ2) is 6.87. The normalized spacial score (nSPS) is 22.4. The summed E-state index contributed by atoms with van der Waals surface area (Å²) in [4.78, 5) is 28.6. The van der Waals surface area contributed by atoms with E-state index in [1.807, 2.05) is 0 Å². The van der Waals surface area contributed by atoms with Crippen LogP contribution in [0.15, 0.2) is 16.3 Å². The van der Waals surface area contributed by atoms with E-state index in [2.05, 4.69) is 11.9 Å². The Morgan fingerprint density at radius 2 is 2.10 bits per heavy atom. The molecule has 0 heterocycles. The van der Waals surface area contributed by atoms with Crippen LogP contribution in [0.5, 0.6) is 0 Å². The molecule has 118 valence electrons. The SMILES string of the molecule is CCCCN=C(C)C1=C(O)C(C(=O)OC)C(C)(C)CC1=O. The van der Waals surface area contributed by atoms with Crippen LogP contribution in [0.25, 0.3) is 0 Å². The summed E-state index contributed by atoms with van der Waals surface area (Å²) in [6, 6.07) is 0. The standard InChI is InChI=1S/C16H25NO4/c1-6-7-8-17-10(2)12-11(18)9-16(3,4)13(14(12)19)15(20)21-5/h13,19H,6-9H2,1-5H3. The van der Waals surface area contributed by atoms with Gasteiger partial charge >= 0.3 is 5.97 Å². The summed E-state index contributed by atoms with van der Waals surface area (Å²) in [6.07, 6.45) is 2.12. The third-order valence-corrected chi connectivity index (χ3v) is 3.87. The number of aliphatic hydroxyl groups is 1. The molecule has 0 amide bonds. The molecule has 0 bridgehead atoms. The Labute approximate surface area is 126 Å². The van der Waals surface area contributed by atoms with E-state index in [-0.39, 0.29) is 23.5 Å². The Morgan fingerprint density at radius 1 is 1.48 bits per heavy atom. The van der Waals surface area contributed by atoms with Gasteiger partial charge in [-0.15, -0.1) is 0 Å². The fraction of sp³-hybridized carbons (Fsp3) is 0.688. The first-order valence-corrected chi connectivity index (χ1v) is 7.31. The molecular weight excluding hydrogens is 270 g/mol. The van der Waals surface area contributed by atoms with E-state index < -0.39 is 17.3 Å². The molecule has 1 atom stereocenters. The minimum absolute atomic E-state index is 0.171. The number of esters is 1. The highest BCUT2D eigenvalue weighted by atomic mass is 16.5. The fourth-order valence-corrected chi connectivity index (χ4v) is 2.68. The number of ether oxygens (including phenoxy) is 1. The molecule has 5 nitrogen and oxygen atoms in total. The van der Waals surface area contributed by atoms with Crippen molar-refractivity contribution >= 4 is 17.5 Å². The number of nitrogens with zero attached hydrogens (tertiary/aromatic N) is 1. The fourth-order valence-electron chi connectivity index (χ4n) is 2.68. The predicted molar refractivity (Wildman–Crippen MR) is 81.4 cm³/mol. The molecule has 1 unspecified atom stereocenters. The number of methoxy groups -OCH3 is 1. The van der Waals surface area contributed by atoms with E-state index in [0.717, 1.165) is 12.8 Å². The molecule has 0 saturated carbocycles. The first-order valence-electron chi connectivity index (χ1n) is 7.31. The molecule has 0 saturated heterocycles. The third kappa shape index (κ3) is 3.71. The van der Waals surface area contributed by atoms with Crippen LogP contribution in [0, 0.1) is 11.3 Å². The Kier molecular flexibility index (Phi) is 5.70. The average molecular weight is 295 g/mol. The number of aliphatic hydroxyl groups excluding tert-OH is 1. The van der Waals surface area contributed by atoms with Crippen LogP contribution in [0.1, 0.15) is 47.0 Å². The Bertz CT molecular complexity index is 489. The average Bonchev–Trinajstić information content (AvgIpc) is 2.36. The van der Waals surface area contributed by atoms with E-state index in [1.54, 1.807) is 20.8 Å². The Balaban J connectivity index is 3.24. The van der Waals surface area contributed by atoms with E-state index in [0.29, 0.717) is 12.3 Å². The maximum Gasteiger partial charge on any atom is 0.316 e. The van der Waals surface area contributed by atoms with Gasteiger partial charge in [0.2, 0.25) is 0 Å². The molecule has 0 fully saturated rings. The number of hydrogen-bond acceptors (Lipinski definition) is 5. The second-order valence-corrected chi connectivity index (χ2v) is 6.13. The summed E-state index contributed by atoms with van der Waals surface area (Å²) >= 11 is 0. The summed E-state index contributed by atoms with van der Waals surface area (Å²) in [5.74, 6) is -1.73. The zero-order valence-corrected chi connectivity index (χ0v) is 13.5. The summed E-state index contributed by atoms with van der Waals surface area (Å²) in [6.45, 7) is 7.93. The van der Waals surface area contributed by atoms with Crippen LogP contribution in [-0.2, 0) is 14.3 Å². The number of ketones is 1. The zero-order chi connectivity index (χ0) is 16.2. The summed E-state index contributed by atoms with van der Waals surface area (Å²) in [5.41, 5.74) is 0.0118. The lowest BCUT2D eigenvalue weighted by molar-refractivity contribution is -0.150. The van der Waals surface area contributed by atoms with Gasteiger partial charge in [-0.3, -0.25) is 14.6 Å². The van der Waals surface area contributed by atoms with Crippen LogP contribution in [0.3, 0.4) is 0 Å². The molecule has 1 aliphatic carbocycles. The highest BCUT2D eigenvalue weighted by molar-refractivity contribution is 6.23. The Morgan fingerprint density at radius 3 is 2.62 bits per heavy atom. The first kappa shape index (κ1) is 17.4. The van der Waals surface area contributed by atoms with Crippen molar-refractivity contribution in [3.63, 3.8) is 0 Å². The number of rotatable bonds is 5. The number of allylic oxidation sites excluding steroid dienone is 1. The van der Waals surface area contributed by atoms with Crippen LogP contribution >= 0.6 is 0 Å². The summed E-state index contributed by atoms with van der Waals surface area (Å²) in [5, 5.41) is 10.4. The largest absolute Gasteiger partial charge is 0.511 e. The van der Waals surface area contributed by atoms with Crippen molar-refractivity contribution in [3.8, 4) is 0 Å². The number of carbonyl (C=O) groups is 2. The Hall–Kier alpha value is -1.65. The van der Waals surface area contributed by atoms with Crippen LogP contribution in [-0.4, -0.2) is 36.2 Å². The van der Waals surface area contributed by atoms with Gasteiger partial charge in [0.25, 0.3) is 0 Å². The highest BCUT2D eigenvalue weighted by Gasteiger charge is 2.47. The smallest absolute Gasteiger partial charge is 0.316 e. The topological polar surface area (TPSA) is 76.0 Å². The quantitative estimate of drug-likeness (QED) is 0.481. The van der Waals surface area contributed by atoms with Gasteiger partial charge in [0.1, 0.15) is 11.7 Å². The molecule has 0 radical (unpaired) electrons. The summed E-state index contributed by atoms with van der Waals surface area (Å²) in [7, 11) is 1.28. The molecule has 0 aliphatic heterocycles. The van der Waals surface area contributed by atoms with Gasteiger partial charge in [0, 0.05) is 18.7 Å². The molecule has 0 aromatic rings. The minimum atomic E-state index is -0.827. The first-order chi connectivity index (χ1) is 9.76. The predicted octanol–water partition coefficient (Wildman–Crippen LogP) is 2.85.